The molecule has 3 heterocycles. The Morgan fingerprint density at radius 2 is 2.04 bits per heavy atom. The minimum atomic E-state index is -0.481. The average molecular weight is 395 g/mol. The van der Waals surface area contributed by atoms with Crippen molar-refractivity contribution in [3.8, 4) is 5.75 Å². The number of carbonyl (C=O) groups excluding carboxylic acids is 3. The molecule has 1 fully saturated rings. The van der Waals surface area contributed by atoms with Crippen molar-refractivity contribution < 1.29 is 23.5 Å². The van der Waals surface area contributed by atoms with Crippen LogP contribution in [0.25, 0.3) is 17.0 Å². The summed E-state index contributed by atoms with van der Waals surface area (Å²) >= 11 is 0.790. The first kappa shape index (κ1) is 17.8. The first-order chi connectivity index (χ1) is 13.5. The van der Waals surface area contributed by atoms with Crippen LogP contribution in [-0.4, -0.2) is 29.1 Å². The smallest absolute Gasteiger partial charge is 0.290 e. The van der Waals surface area contributed by atoms with Gasteiger partial charge in [-0.1, -0.05) is 0 Å². The first-order valence-corrected chi connectivity index (χ1v) is 8.93. The number of ether oxygens (including phenoxy) is 1. The molecule has 4 rings (SSSR count). The number of methoxy groups -OCH3 is 1. The van der Waals surface area contributed by atoms with E-state index in [-0.39, 0.29) is 16.4 Å². The lowest BCUT2D eigenvalue weighted by Gasteiger charge is -2.06. The SMILES string of the molecule is COc1ccc(NC(=O)c2cncc3cc(/C=C4/SC(=O)NC4=O)oc23)cc1. The number of hydrogen-bond acceptors (Lipinski definition) is 7. The number of benzene rings is 1. The Morgan fingerprint density at radius 1 is 1.25 bits per heavy atom. The molecule has 8 nitrogen and oxygen atoms in total. The Morgan fingerprint density at radius 3 is 2.71 bits per heavy atom. The Kier molecular flexibility index (Phi) is 4.58. The van der Waals surface area contributed by atoms with Gasteiger partial charge in [-0.25, -0.2) is 0 Å². The molecule has 3 amide bonds. The standard InChI is InChI=1S/C19H13N3O5S/c1-26-12-4-2-11(3-5-12)21-17(23)14-9-20-8-10-6-13(27-16(10)14)7-15-18(24)22-19(25)28-15/h2-9H,1H3,(H,21,23)(H,22,24,25)/b15-7+. The third-order valence-electron chi connectivity index (χ3n) is 3.95. The third kappa shape index (κ3) is 3.47. The van der Waals surface area contributed by atoms with Crippen molar-refractivity contribution in [1.29, 1.82) is 0 Å². The first-order valence-electron chi connectivity index (χ1n) is 8.11. The minimum Gasteiger partial charge on any atom is -0.497 e. The molecule has 0 aliphatic carbocycles. The van der Waals surface area contributed by atoms with Crippen LogP contribution in [0.5, 0.6) is 5.75 Å². The minimum absolute atomic E-state index is 0.223. The van der Waals surface area contributed by atoms with E-state index < -0.39 is 11.1 Å². The van der Waals surface area contributed by atoms with Crippen LogP contribution >= 0.6 is 11.8 Å². The number of furan rings is 1. The lowest BCUT2D eigenvalue weighted by molar-refractivity contribution is -0.115. The maximum absolute atomic E-state index is 12.7. The van der Waals surface area contributed by atoms with E-state index in [2.05, 4.69) is 15.6 Å². The van der Waals surface area contributed by atoms with Crippen LogP contribution in [0, 0.1) is 0 Å². The molecule has 28 heavy (non-hydrogen) atoms. The maximum atomic E-state index is 12.7. The molecular weight excluding hydrogens is 382 g/mol. The summed E-state index contributed by atoms with van der Waals surface area (Å²) in [7, 11) is 1.56. The number of rotatable bonds is 4. The lowest BCUT2D eigenvalue weighted by Crippen LogP contribution is -2.17. The number of carbonyl (C=O) groups is 3. The zero-order valence-corrected chi connectivity index (χ0v) is 15.3. The van der Waals surface area contributed by atoms with E-state index in [1.54, 1.807) is 43.6 Å². The lowest BCUT2D eigenvalue weighted by atomic mass is 10.2. The number of nitrogens with zero attached hydrogens (tertiary/aromatic N) is 1. The van der Waals surface area contributed by atoms with E-state index in [9.17, 15) is 14.4 Å². The summed E-state index contributed by atoms with van der Waals surface area (Å²) in [5, 5.41) is 5.11. The predicted octanol–water partition coefficient (Wildman–Crippen LogP) is 3.41. The summed E-state index contributed by atoms with van der Waals surface area (Å²) in [6.07, 6.45) is 4.41. The number of imide groups is 1. The highest BCUT2D eigenvalue weighted by molar-refractivity contribution is 8.18. The highest BCUT2D eigenvalue weighted by Crippen LogP contribution is 2.29. The van der Waals surface area contributed by atoms with E-state index in [0.29, 0.717) is 28.2 Å². The van der Waals surface area contributed by atoms with Gasteiger partial charge in [0.05, 0.1) is 12.0 Å². The van der Waals surface area contributed by atoms with Gasteiger partial charge in [-0.3, -0.25) is 24.7 Å². The largest absolute Gasteiger partial charge is 0.497 e. The van der Waals surface area contributed by atoms with E-state index in [4.69, 9.17) is 9.15 Å². The molecule has 2 N–H and O–H groups in total. The van der Waals surface area contributed by atoms with Crippen molar-refractivity contribution in [1.82, 2.24) is 10.3 Å². The van der Waals surface area contributed by atoms with Gasteiger partial charge in [0, 0.05) is 29.5 Å². The van der Waals surface area contributed by atoms with Crippen LogP contribution in [0.2, 0.25) is 0 Å². The Bertz CT molecular complexity index is 1130. The molecule has 1 aromatic carbocycles. The van der Waals surface area contributed by atoms with Crippen molar-refractivity contribution in [3.63, 3.8) is 0 Å². The summed E-state index contributed by atoms with van der Waals surface area (Å²) in [6.45, 7) is 0. The topological polar surface area (TPSA) is 111 Å². The van der Waals surface area contributed by atoms with Crippen molar-refractivity contribution in [2.75, 3.05) is 12.4 Å². The summed E-state index contributed by atoms with van der Waals surface area (Å²) in [5.74, 6) is 0.151. The van der Waals surface area contributed by atoms with Crippen molar-refractivity contribution in [3.05, 3.63) is 59.0 Å². The number of nitrogens with one attached hydrogen (secondary N) is 2. The van der Waals surface area contributed by atoms with Gasteiger partial charge in [-0.05, 0) is 42.1 Å². The van der Waals surface area contributed by atoms with Gasteiger partial charge in [0.1, 0.15) is 17.1 Å². The number of fused-ring (bicyclic) bond motifs is 1. The molecule has 3 aromatic rings. The van der Waals surface area contributed by atoms with Crippen molar-refractivity contribution in [2.24, 2.45) is 0 Å². The fourth-order valence-corrected chi connectivity index (χ4v) is 3.30. The van der Waals surface area contributed by atoms with Crippen LogP contribution in [-0.2, 0) is 4.79 Å². The molecule has 1 aliphatic rings. The molecule has 0 spiro atoms. The Hall–Kier alpha value is -3.59. The molecule has 2 aromatic heterocycles. The van der Waals surface area contributed by atoms with Gasteiger partial charge in [-0.2, -0.15) is 0 Å². The van der Waals surface area contributed by atoms with Gasteiger partial charge < -0.3 is 14.5 Å². The van der Waals surface area contributed by atoms with Crippen LogP contribution in [0.1, 0.15) is 16.1 Å². The molecule has 0 radical (unpaired) electrons. The highest BCUT2D eigenvalue weighted by atomic mass is 32.2. The molecule has 140 valence electrons. The normalized spacial score (nSPS) is 15.1. The van der Waals surface area contributed by atoms with Gasteiger partial charge >= 0.3 is 0 Å². The second-order valence-electron chi connectivity index (χ2n) is 5.79. The number of thioether (sulfide) groups is 1. The molecule has 1 aliphatic heterocycles. The fraction of sp³-hybridized carbons (Fsp3) is 0.0526. The van der Waals surface area contributed by atoms with Gasteiger partial charge in [0.15, 0.2) is 5.58 Å². The summed E-state index contributed by atoms with van der Waals surface area (Å²) in [4.78, 5) is 39.9. The second-order valence-corrected chi connectivity index (χ2v) is 6.80. The molecule has 9 heteroatoms. The molecule has 0 unspecified atom stereocenters. The van der Waals surface area contributed by atoms with E-state index in [1.807, 2.05) is 0 Å². The molecular formula is C19H13N3O5S. The van der Waals surface area contributed by atoms with Crippen LogP contribution in [0.15, 0.2) is 52.0 Å². The summed E-state index contributed by atoms with van der Waals surface area (Å²) < 4.78 is 10.8. The zero-order chi connectivity index (χ0) is 19.7. The van der Waals surface area contributed by atoms with E-state index in [0.717, 1.165) is 11.8 Å². The number of pyridine rings is 1. The number of aromatic nitrogens is 1. The number of amides is 3. The Balaban J connectivity index is 1.63. The van der Waals surface area contributed by atoms with Crippen LogP contribution in [0.4, 0.5) is 10.5 Å². The van der Waals surface area contributed by atoms with Crippen molar-refractivity contribution >= 4 is 51.5 Å². The predicted molar refractivity (Wildman–Crippen MR) is 104 cm³/mol. The third-order valence-corrected chi connectivity index (χ3v) is 4.76. The Labute approximate surface area is 162 Å². The van der Waals surface area contributed by atoms with Gasteiger partial charge in [0.25, 0.3) is 17.1 Å². The average Bonchev–Trinajstić information content (AvgIpc) is 3.24. The van der Waals surface area contributed by atoms with E-state index in [1.165, 1.54) is 12.3 Å². The molecule has 1 saturated heterocycles. The zero-order valence-electron chi connectivity index (χ0n) is 14.5. The molecule has 0 bridgehead atoms. The van der Waals surface area contributed by atoms with E-state index >= 15 is 0 Å². The van der Waals surface area contributed by atoms with Gasteiger partial charge in [0.2, 0.25) is 0 Å². The van der Waals surface area contributed by atoms with Crippen LogP contribution < -0.4 is 15.4 Å². The number of anilines is 1. The molecule has 0 atom stereocenters. The van der Waals surface area contributed by atoms with Gasteiger partial charge in [-0.15, -0.1) is 0 Å². The second kappa shape index (κ2) is 7.20. The highest BCUT2D eigenvalue weighted by Gasteiger charge is 2.25. The van der Waals surface area contributed by atoms with Crippen molar-refractivity contribution in [2.45, 2.75) is 0 Å². The quantitative estimate of drug-likeness (QED) is 0.651. The number of hydrogen-bond donors (Lipinski definition) is 2. The van der Waals surface area contributed by atoms with Crippen LogP contribution in [0.3, 0.4) is 0 Å². The molecule has 0 saturated carbocycles. The summed E-state index contributed by atoms with van der Waals surface area (Å²) in [6, 6.07) is 8.55. The fourth-order valence-electron chi connectivity index (χ4n) is 2.64. The maximum Gasteiger partial charge on any atom is 0.290 e. The monoisotopic (exact) mass is 395 g/mol. The summed E-state index contributed by atoms with van der Waals surface area (Å²) in [5.41, 5.74) is 1.18.